The lowest BCUT2D eigenvalue weighted by Gasteiger charge is -2.33. The molecule has 92 valence electrons. The van der Waals surface area contributed by atoms with E-state index >= 15 is 0 Å². The van der Waals surface area contributed by atoms with Gasteiger partial charge in [-0.15, -0.1) is 0 Å². The summed E-state index contributed by atoms with van der Waals surface area (Å²) in [5.41, 5.74) is 0.461. The third-order valence-corrected chi connectivity index (χ3v) is 3.15. The molecule has 0 atom stereocenters. The summed E-state index contributed by atoms with van der Waals surface area (Å²) in [6, 6.07) is 4.95. The third kappa shape index (κ3) is 2.52. The van der Waals surface area contributed by atoms with Crippen LogP contribution in [0.15, 0.2) is 18.2 Å². The maximum absolute atomic E-state index is 11.8. The predicted octanol–water partition coefficient (Wildman–Crippen LogP) is 1.93. The normalized spacial score (nSPS) is 22.7. The van der Waals surface area contributed by atoms with Crippen LogP contribution in [0.4, 0.5) is 0 Å². The number of carbonyl (C=O) groups excluding carboxylic acids is 1. The Morgan fingerprint density at radius 2 is 2.18 bits per heavy atom. The average molecular weight is 235 g/mol. The van der Waals surface area contributed by atoms with Crippen molar-refractivity contribution >= 4 is 5.91 Å². The minimum Gasteiger partial charge on any atom is -0.504 e. The van der Waals surface area contributed by atoms with E-state index in [0.717, 1.165) is 12.8 Å². The predicted molar refractivity (Wildman–Crippen MR) is 64.3 cm³/mol. The van der Waals surface area contributed by atoms with Crippen molar-refractivity contribution in [1.82, 2.24) is 5.32 Å². The molecule has 1 aromatic carbocycles. The highest BCUT2D eigenvalue weighted by Gasteiger charge is 2.26. The number of hydrogen-bond acceptors (Lipinski definition) is 3. The van der Waals surface area contributed by atoms with Crippen molar-refractivity contribution in [1.29, 1.82) is 0 Å². The molecule has 1 aliphatic carbocycles. The second kappa shape index (κ2) is 4.65. The largest absolute Gasteiger partial charge is 0.504 e. The van der Waals surface area contributed by atoms with Crippen molar-refractivity contribution < 1.29 is 14.6 Å². The van der Waals surface area contributed by atoms with E-state index in [2.05, 4.69) is 12.2 Å². The lowest BCUT2D eigenvalue weighted by molar-refractivity contribution is 0.0895. The number of aromatic hydroxyl groups is 1. The van der Waals surface area contributed by atoms with Crippen LogP contribution in [-0.2, 0) is 0 Å². The zero-order valence-electron chi connectivity index (χ0n) is 10.1. The lowest BCUT2D eigenvalue weighted by atomic mass is 9.82. The summed E-state index contributed by atoms with van der Waals surface area (Å²) in [4.78, 5) is 11.8. The number of phenolic OH excluding ortho intramolecular Hbond substituents is 1. The summed E-state index contributed by atoms with van der Waals surface area (Å²) in [5, 5.41) is 12.5. The standard InChI is InChI=1S/C13H17NO3/c1-8-5-10(6-8)14-13(16)9-3-4-12(17-2)11(15)7-9/h3-4,7-8,10,15H,5-6H2,1-2H3,(H,14,16). The second-order valence-corrected chi connectivity index (χ2v) is 4.63. The number of carbonyl (C=O) groups is 1. The van der Waals surface area contributed by atoms with Gasteiger partial charge in [0.1, 0.15) is 0 Å². The summed E-state index contributed by atoms with van der Waals surface area (Å²) < 4.78 is 4.93. The number of hydrogen-bond donors (Lipinski definition) is 2. The van der Waals surface area contributed by atoms with Gasteiger partial charge in [0.15, 0.2) is 11.5 Å². The maximum atomic E-state index is 11.8. The van der Waals surface area contributed by atoms with Gasteiger partial charge in [-0.3, -0.25) is 4.79 Å². The molecule has 17 heavy (non-hydrogen) atoms. The number of methoxy groups -OCH3 is 1. The van der Waals surface area contributed by atoms with E-state index < -0.39 is 0 Å². The highest BCUT2D eigenvalue weighted by atomic mass is 16.5. The van der Waals surface area contributed by atoms with Crippen LogP contribution in [0.5, 0.6) is 11.5 Å². The molecule has 1 fully saturated rings. The molecule has 0 spiro atoms. The molecule has 4 heteroatoms. The van der Waals surface area contributed by atoms with Gasteiger partial charge >= 0.3 is 0 Å². The van der Waals surface area contributed by atoms with Crippen molar-refractivity contribution in [2.75, 3.05) is 7.11 Å². The van der Waals surface area contributed by atoms with Gasteiger partial charge in [-0.05, 0) is 37.0 Å². The SMILES string of the molecule is COc1ccc(C(=O)NC2CC(C)C2)cc1O. The van der Waals surface area contributed by atoms with Crippen molar-refractivity contribution in [2.45, 2.75) is 25.8 Å². The van der Waals surface area contributed by atoms with Crippen LogP contribution in [0.1, 0.15) is 30.1 Å². The summed E-state index contributed by atoms with van der Waals surface area (Å²) in [5.74, 6) is 0.922. The molecule has 1 saturated carbocycles. The lowest BCUT2D eigenvalue weighted by Crippen LogP contribution is -2.43. The van der Waals surface area contributed by atoms with Crippen LogP contribution in [0.2, 0.25) is 0 Å². The first-order valence-corrected chi connectivity index (χ1v) is 5.78. The third-order valence-electron chi connectivity index (χ3n) is 3.15. The fourth-order valence-electron chi connectivity index (χ4n) is 2.12. The van der Waals surface area contributed by atoms with Gasteiger partial charge < -0.3 is 15.2 Å². The quantitative estimate of drug-likeness (QED) is 0.841. The molecule has 1 aromatic rings. The first kappa shape index (κ1) is 11.8. The molecule has 2 N–H and O–H groups in total. The topological polar surface area (TPSA) is 58.6 Å². The number of benzene rings is 1. The van der Waals surface area contributed by atoms with Crippen molar-refractivity contribution in [2.24, 2.45) is 5.92 Å². The monoisotopic (exact) mass is 235 g/mol. The minimum absolute atomic E-state index is 0.0119. The zero-order valence-corrected chi connectivity index (χ0v) is 10.1. The number of phenols is 1. The zero-order chi connectivity index (χ0) is 12.4. The smallest absolute Gasteiger partial charge is 0.251 e. The summed E-state index contributed by atoms with van der Waals surface area (Å²) in [7, 11) is 1.48. The highest BCUT2D eigenvalue weighted by molar-refractivity contribution is 5.95. The van der Waals surface area contributed by atoms with Gasteiger partial charge in [0, 0.05) is 11.6 Å². The Morgan fingerprint density at radius 1 is 1.47 bits per heavy atom. The molecule has 0 radical (unpaired) electrons. The van der Waals surface area contributed by atoms with Gasteiger partial charge in [0.25, 0.3) is 5.91 Å². The van der Waals surface area contributed by atoms with Crippen LogP contribution in [0.3, 0.4) is 0 Å². The first-order valence-electron chi connectivity index (χ1n) is 5.78. The number of nitrogens with one attached hydrogen (secondary N) is 1. The highest BCUT2D eigenvalue weighted by Crippen LogP contribution is 2.28. The summed E-state index contributed by atoms with van der Waals surface area (Å²) in [6.07, 6.45) is 2.07. The van der Waals surface area contributed by atoms with Gasteiger partial charge in [-0.2, -0.15) is 0 Å². The average Bonchev–Trinajstić information content (AvgIpc) is 2.26. The molecule has 0 heterocycles. The van der Waals surface area contributed by atoms with Crippen LogP contribution in [0.25, 0.3) is 0 Å². The van der Waals surface area contributed by atoms with Gasteiger partial charge in [0.2, 0.25) is 0 Å². The van der Waals surface area contributed by atoms with E-state index in [1.54, 1.807) is 12.1 Å². The van der Waals surface area contributed by atoms with Crippen molar-refractivity contribution in [3.8, 4) is 11.5 Å². The molecule has 1 amide bonds. The second-order valence-electron chi connectivity index (χ2n) is 4.63. The molecule has 0 aromatic heterocycles. The molecular weight excluding hydrogens is 218 g/mol. The fraction of sp³-hybridized carbons (Fsp3) is 0.462. The Hall–Kier alpha value is -1.71. The Labute approximate surface area is 101 Å². The molecule has 0 aliphatic heterocycles. The van der Waals surface area contributed by atoms with Gasteiger partial charge in [0.05, 0.1) is 7.11 Å². The van der Waals surface area contributed by atoms with Gasteiger partial charge in [-0.1, -0.05) is 6.92 Å². The Bertz CT molecular complexity index is 425. The molecule has 0 unspecified atom stereocenters. The van der Waals surface area contributed by atoms with E-state index in [-0.39, 0.29) is 17.7 Å². The minimum atomic E-state index is -0.139. The van der Waals surface area contributed by atoms with E-state index in [0.29, 0.717) is 17.2 Å². The summed E-state index contributed by atoms with van der Waals surface area (Å²) >= 11 is 0. The fourth-order valence-corrected chi connectivity index (χ4v) is 2.12. The number of rotatable bonds is 3. The number of amides is 1. The molecule has 0 saturated heterocycles. The Balaban J connectivity index is 2.01. The van der Waals surface area contributed by atoms with E-state index in [9.17, 15) is 9.90 Å². The van der Waals surface area contributed by atoms with Crippen LogP contribution in [-0.4, -0.2) is 24.2 Å². The Morgan fingerprint density at radius 3 is 2.71 bits per heavy atom. The Kier molecular flexibility index (Phi) is 3.22. The van der Waals surface area contributed by atoms with Gasteiger partial charge in [-0.25, -0.2) is 0 Å². The van der Waals surface area contributed by atoms with Crippen LogP contribution < -0.4 is 10.1 Å². The van der Waals surface area contributed by atoms with Crippen molar-refractivity contribution in [3.63, 3.8) is 0 Å². The maximum Gasteiger partial charge on any atom is 0.251 e. The van der Waals surface area contributed by atoms with Crippen LogP contribution in [0, 0.1) is 5.92 Å². The molecule has 2 rings (SSSR count). The van der Waals surface area contributed by atoms with Crippen molar-refractivity contribution in [3.05, 3.63) is 23.8 Å². The van der Waals surface area contributed by atoms with E-state index in [4.69, 9.17) is 4.74 Å². The van der Waals surface area contributed by atoms with Crippen LogP contribution >= 0.6 is 0 Å². The molecular formula is C13H17NO3. The summed E-state index contributed by atoms with van der Waals surface area (Å²) in [6.45, 7) is 2.17. The van der Waals surface area contributed by atoms with E-state index in [1.807, 2.05) is 0 Å². The molecule has 1 aliphatic rings. The molecule has 0 bridgehead atoms. The molecule has 4 nitrogen and oxygen atoms in total. The first-order chi connectivity index (χ1) is 8.10. The number of ether oxygens (including phenoxy) is 1. The van der Waals surface area contributed by atoms with E-state index in [1.165, 1.54) is 13.2 Å².